The quantitative estimate of drug-likeness (QED) is 0.666. The minimum absolute atomic E-state index is 0.633. The van der Waals surface area contributed by atoms with E-state index in [1.165, 1.54) is 32.2 Å². The van der Waals surface area contributed by atoms with Gasteiger partial charge in [-0.25, -0.2) is 0 Å². The summed E-state index contributed by atoms with van der Waals surface area (Å²) in [6.45, 7) is 6.18. The maximum atomic E-state index is 3.32. The van der Waals surface area contributed by atoms with Gasteiger partial charge in [0.15, 0.2) is 0 Å². The fourth-order valence-corrected chi connectivity index (χ4v) is 3.46. The highest BCUT2D eigenvalue weighted by atomic mass is 14.9. The summed E-state index contributed by atoms with van der Waals surface area (Å²) in [6, 6.07) is 0. The van der Waals surface area contributed by atoms with Crippen LogP contribution >= 0.6 is 0 Å². The van der Waals surface area contributed by atoms with Gasteiger partial charge in [0.2, 0.25) is 0 Å². The molecule has 0 saturated heterocycles. The molecule has 2 rings (SSSR count). The Hall–Kier alpha value is -0.0400. The van der Waals surface area contributed by atoms with Gasteiger partial charge in [-0.05, 0) is 49.6 Å². The highest BCUT2D eigenvalue weighted by Crippen LogP contribution is 2.70. The van der Waals surface area contributed by atoms with Crippen molar-refractivity contribution in [2.75, 3.05) is 13.6 Å². The van der Waals surface area contributed by atoms with Gasteiger partial charge in [0, 0.05) is 0 Å². The second-order valence-corrected chi connectivity index (χ2v) is 5.35. The lowest BCUT2D eigenvalue weighted by Gasteiger charge is -2.28. The lowest BCUT2D eigenvalue weighted by molar-refractivity contribution is 0.212. The molecule has 0 heterocycles. The molecule has 2 fully saturated rings. The fraction of sp³-hybridized carbons (Fsp3) is 1.00. The minimum atomic E-state index is 0.633. The van der Waals surface area contributed by atoms with Crippen molar-refractivity contribution in [2.45, 2.75) is 39.5 Å². The third-order valence-corrected chi connectivity index (χ3v) is 4.46. The Bertz CT molecular complexity index is 185. The Morgan fingerprint density at radius 3 is 2.58 bits per heavy atom. The molecule has 1 spiro atoms. The molecule has 2 aliphatic carbocycles. The summed E-state index contributed by atoms with van der Waals surface area (Å²) in [5.41, 5.74) is 1.38. The molecule has 0 amide bonds. The van der Waals surface area contributed by atoms with E-state index in [4.69, 9.17) is 0 Å². The topological polar surface area (TPSA) is 12.0 Å². The van der Waals surface area contributed by atoms with Crippen LogP contribution in [0, 0.1) is 16.7 Å². The first-order valence-corrected chi connectivity index (χ1v) is 5.27. The average molecular weight is 167 g/mol. The van der Waals surface area contributed by atoms with Crippen LogP contribution in [0.25, 0.3) is 0 Å². The van der Waals surface area contributed by atoms with E-state index in [0.717, 1.165) is 11.3 Å². The molecule has 0 aromatic carbocycles. The van der Waals surface area contributed by atoms with Crippen LogP contribution in [0.2, 0.25) is 0 Å². The highest BCUT2D eigenvalue weighted by Gasteiger charge is 2.63. The predicted molar refractivity (Wildman–Crippen MR) is 52.1 cm³/mol. The first-order chi connectivity index (χ1) is 5.62. The van der Waals surface area contributed by atoms with Gasteiger partial charge in [-0.3, -0.25) is 0 Å². The standard InChI is InChI=1S/C11H21N/c1-10(2)5-4-6-11(10)7-9(11)8-12-3/h9,12H,4-8H2,1-3H3. The molecule has 0 aromatic heterocycles. The van der Waals surface area contributed by atoms with Gasteiger partial charge in [-0.15, -0.1) is 0 Å². The molecule has 0 aliphatic heterocycles. The number of nitrogens with one attached hydrogen (secondary N) is 1. The Labute approximate surface area is 75.9 Å². The molecule has 70 valence electrons. The number of hydrogen-bond acceptors (Lipinski definition) is 1. The zero-order valence-corrected chi connectivity index (χ0v) is 8.61. The molecule has 2 unspecified atom stereocenters. The zero-order chi connectivity index (χ0) is 8.82. The lowest BCUT2D eigenvalue weighted by Crippen LogP contribution is -2.24. The summed E-state index contributed by atoms with van der Waals surface area (Å²) < 4.78 is 0. The lowest BCUT2D eigenvalue weighted by atomic mass is 9.77. The van der Waals surface area contributed by atoms with Gasteiger partial charge in [-0.2, -0.15) is 0 Å². The van der Waals surface area contributed by atoms with Crippen molar-refractivity contribution >= 4 is 0 Å². The second-order valence-electron chi connectivity index (χ2n) is 5.35. The molecule has 2 saturated carbocycles. The van der Waals surface area contributed by atoms with Crippen LogP contribution in [0.3, 0.4) is 0 Å². The molecule has 0 aromatic rings. The van der Waals surface area contributed by atoms with E-state index in [-0.39, 0.29) is 0 Å². The maximum Gasteiger partial charge on any atom is -0.00178 e. The molecule has 1 N–H and O–H groups in total. The van der Waals surface area contributed by atoms with Gasteiger partial charge in [0.25, 0.3) is 0 Å². The van der Waals surface area contributed by atoms with Crippen molar-refractivity contribution in [3.05, 3.63) is 0 Å². The first-order valence-electron chi connectivity index (χ1n) is 5.27. The summed E-state index contributed by atoms with van der Waals surface area (Å²) in [7, 11) is 2.08. The zero-order valence-electron chi connectivity index (χ0n) is 8.61. The molecule has 1 nitrogen and oxygen atoms in total. The maximum absolute atomic E-state index is 3.32. The first kappa shape index (κ1) is 8.55. The molecule has 1 heteroatoms. The SMILES string of the molecule is CNCC1CC12CCCC2(C)C. The third kappa shape index (κ3) is 0.953. The second kappa shape index (κ2) is 2.47. The molecule has 2 aliphatic rings. The van der Waals surface area contributed by atoms with Gasteiger partial charge in [0.05, 0.1) is 0 Å². The van der Waals surface area contributed by atoms with E-state index < -0.39 is 0 Å². The smallest absolute Gasteiger partial charge is 0.00178 e. The van der Waals surface area contributed by atoms with E-state index >= 15 is 0 Å². The molecule has 2 atom stereocenters. The van der Waals surface area contributed by atoms with Crippen LogP contribution in [0.1, 0.15) is 39.5 Å². The average Bonchev–Trinajstić information content (AvgIpc) is 2.57. The van der Waals surface area contributed by atoms with Crippen molar-refractivity contribution in [1.29, 1.82) is 0 Å². The Kier molecular flexibility index (Phi) is 1.76. The van der Waals surface area contributed by atoms with E-state index in [1.54, 1.807) is 0 Å². The van der Waals surface area contributed by atoms with Crippen molar-refractivity contribution in [2.24, 2.45) is 16.7 Å². The van der Waals surface area contributed by atoms with Gasteiger partial charge < -0.3 is 5.32 Å². The summed E-state index contributed by atoms with van der Waals surface area (Å²) in [5, 5.41) is 3.32. The van der Waals surface area contributed by atoms with Gasteiger partial charge in [0.1, 0.15) is 0 Å². The molecule has 12 heavy (non-hydrogen) atoms. The molecule has 0 bridgehead atoms. The van der Waals surface area contributed by atoms with Crippen LogP contribution < -0.4 is 5.32 Å². The van der Waals surface area contributed by atoms with E-state index in [9.17, 15) is 0 Å². The van der Waals surface area contributed by atoms with Crippen molar-refractivity contribution in [3.63, 3.8) is 0 Å². The summed E-state index contributed by atoms with van der Waals surface area (Å²) in [5.74, 6) is 0.986. The largest absolute Gasteiger partial charge is 0.319 e. The highest BCUT2D eigenvalue weighted by molar-refractivity contribution is 5.13. The predicted octanol–water partition coefficient (Wildman–Crippen LogP) is 2.42. The summed E-state index contributed by atoms with van der Waals surface area (Å²) in [4.78, 5) is 0. The monoisotopic (exact) mass is 167 g/mol. The molecule has 0 radical (unpaired) electrons. The summed E-state index contributed by atoms with van der Waals surface area (Å²) in [6.07, 6.45) is 5.90. The van der Waals surface area contributed by atoms with Crippen molar-refractivity contribution in [1.82, 2.24) is 5.32 Å². The Balaban J connectivity index is 2.05. The van der Waals surface area contributed by atoms with E-state index in [2.05, 4.69) is 26.2 Å². The van der Waals surface area contributed by atoms with Gasteiger partial charge in [-0.1, -0.05) is 20.3 Å². The van der Waals surface area contributed by atoms with Crippen LogP contribution in [0.5, 0.6) is 0 Å². The molecular formula is C11H21N. The third-order valence-electron chi connectivity index (χ3n) is 4.46. The van der Waals surface area contributed by atoms with Crippen LogP contribution in [0.15, 0.2) is 0 Å². The van der Waals surface area contributed by atoms with Crippen molar-refractivity contribution in [3.8, 4) is 0 Å². The number of hydrogen-bond donors (Lipinski definition) is 1. The van der Waals surface area contributed by atoms with Crippen LogP contribution in [0.4, 0.5) is 0 Å². The van der Waals surface area contributed by atoms with Crippen LogP contribution in [-0.4, -0.2) is 13.6 Å². The Morgan fingerprint density at radius 1 is 1.33 bits per heavy atom. The number of rotatable bonds is 2. The fourth-order valence-electron chi connectivity index (χ4n) is 3.46. The normalized spacial score (nSPS) is 43.8. The van der Waals surface area contributed by atoms with E-state index in [0.29, 0.717) is 5.41 Å². The van der Waals surface area contributed by atoms with Crippen LogP contribution in [-0.2, 0) is 0 Å². The van der Waals surface area contributed by atoms with E-state index in [1.807, 2.05) is 0 Å². The molecular weight excluding hydrogens is 146 g/mol. The Morgan fingerprint density at radius 2 is 2.08 bits per heavy atom. The summed E-state index contributed by atoms with van der Waals surface area (Å²) >= 11 is 0. The van der Waals surface area contributed by atoms with Gasteiger partial charge >= 0.3 is 0 Å². The minimum Gasteiger partial charge on any atom is -0.319 e. The van der Waals surface area contributed by atoms with Crippen molar-refractivity contribution < 1.29 is 0 Å².